The van der Waals surface area contributed by atoms with Crippen molar-refractivity contribution in [3.63, 3.8) is 0 Å². The molecule has 0 fully saturated rings. The average Bonchev–Trinajstić information content (AvgIpc) is 2.15. The second-order valence-electron chi connectivity index (χ2n) is 3.65. The van der Waals surface area contributed by atoms with Gasteiger partial charge in [0.2, 0.25) is 0 Å². The van der Waals surface area contributed by atoms with Gasteiger partial charge in [-0.2, -0.15) is 0 Å². The molecule has 0 radical (unpaired) electrons. The van der Waals surface area contributed by atoms with Crippen LogP contribution in [0.4, 0.5) is 4.39 Å². The van der Waals surface area contributed by atoms with Crippen molar-refractivity contribution < 1.29 is 14.3 Å². The van der Waals surface area contributed by atoms with E-state index in [0.717, 1.165) is 5.56 Å². The van der Waals surface area contributed by atoms with Crippen LogP contribution in [0.3, 0.4) is 0 Å². The maximum absolute atomic E-state index is 12.6. The maximum atomic E-state index is 12.6. The fraction of sp³-hybridized carbons (Fsp3) is 0.364. The summed E-state index contributed by atoms with van der Waals surface area (Å²) < 4.78 is 12.6. The Balaban J connectivity index is 2.74. The molecule has 0 saturated heterocycles. The number of hydrogen-bond acceptors (Lipinski definition) is 2. The quantitative estimate of drug-likeness (QED) is 0.818. The molecule has 1 atom stereocenters. The summed E-state index contributed by atoms with van der Waals surface area (Å²) in [6, 6.07) is 5.31. The van der Waals surface area contributed by atoms with Crippen LogP contribution in [0.2, 0.25) is 0 Å². The van der Waals surface area contributed by atoms with Crippen LogP contribution in [0.15, 0.2) is 24.3 Å². The van der Waals surface area contributed by atoms with Crippen molar-refractivity contribution in [3.05, 3.63) is 35.6 Å². The first-order valence-corrected chi connectivity index (χ1v) is 4.64. The van der Waals surface area contributed by atoms with E-state index in [4.69, 9.17) is 5.11 Å². The molecule has 0 aliphatic rings. The van der Waals surface area contributed by atoms with Crippen LogP contribution >= 0.6 is 0 Å². The van der Waals surface area contributed by atoms with Crippen LogP contribution in [-0.2, 0) is 11.2 Å². The first-order chi connectivity index (χ1) is 7.00. The second-order valence-corrected chi connectivity index (χ2v) is 3.65. The van der Waals surface area contributed by atoms with Crippen molar-refractivity contribution in [3.8, 4) is 0 Å². The molecule has 0 saturated carbocycles. The standard InChI is InChI=1S/C11H14FNO2/c1-13(2)10(11(14)15)7-8-3-5-9(12)6-4-8/h3-6,10H,7H2,1-2H3,(H,14,15). The summed E-state index contributed by atoms with van der Waals surface area (Å²) in [5.41, 5.74) is 0.817. The third-order valence-electron chi connectivity index (χ3n) is 2.25. The van der Waals surface area contributed by atoms with Gasteiger partial charge in [0.1, 0.15) is 11.9 Å². The molecule has 0 aliphatic carbocycles. The fourth-order valence-electron chi connectivity index (χ4n) is 1.33. The molecule has 4 heteroatoms. The van der Waals surface area contributed by atoms with Crippen LogP contribution in [0.5, 0.6) is 0 Å². The number of nitrogens with zero attached hydrogens (tertiary/aromatic N) is 1. The van der Waals surface area contributed by atoms with E-state index in [1.54, 1.807) is 31.1 Å². The predicted octanol–water partition coefficient (Wildman–Crippen LogP) is 1.38. The molecule has 0 aliphatic heterocycles. The number of carboxylic acids is 1. The van der Waals surface area contributed by atoms with Gasteiger partial charge in [-0.05, 0) is 38.2 Å². The molecule has 1 rings (SSSR count). The smallest absolute Gasteiger partial charge is 0.321 e. The van der Waals surface area contributed by atoms with E-state index in [2.05, 4.69) is 0 Å². The highest BCUT2D eigenvalue weighted by Gasteiger charge is 2.19. The Bertz CT molecular complexity index is 335. The SMILES string of the molecule is CN(C)C(Cc1ccc(F)cc1)C(=O)O. The van der Waals surface area contributed by atoms with Gasteiger partial charge < -0.3 is 5.11 Å². The molecular weight excluding hydrogens is 197 g/mol. The summed E-state index contributed by atoms with van der Waals surface area (Å²) in [6.45, 7) is 0. The van der Waals surface area contributed by atoms with E-state index in [1.165, 1.54) is 12.1 Å². The van der Waals surface area contributed by atoms with Gasteiger partial charge in [0.05, 0.1) is 0 Å². The van der Waals surface area contributed by atoms with Gasteiger partial charge in [-0.3, -0.25) is 9.69 Å². The molecule has 1 aromatic rings. The molecular formula is C11H14FNO2. The summed E-state index contributed by atoms with van der Waals surface area (Å²) >= 11 is 0. The molecule has 0 bridgehead atoms. The lowest BCUT2D eigenvalue weighted by atomic mass is 10.1. The lowest BCUT2D eigenvalue weighted by Crippen LogP contribution is -2.37. The number of benzene rings is 1. The summed E-state index contributed by atoms with van der Waals surface area (Å²) in [5.74, 6) is -1.18. The molecule has 1 aromatic carbocycles. The van der Waals surface area contributed by atoms with Crippen molar-refractivity contribution in [2.45, 2.75) is 12.5 Å². The van der Waals surface area contributed by atoms with Crippen LogP contribution < -0.4 is 0 Å². The van der Waals surface area contributed by atoms with Gasteiger partial charge in [0.15, 0.2) is 0 Å². The van der Waals surface area contributed by atoms with Crippen molar-refractivity contribution in [2.24, 2.45) is 0 Å². The number of rotatable bonds is 4. The van der Waals surface area contributed by atoms with Gasteiger partial charge in [-0.25, -0.2) is 4.39 Å². The Labute approximate surface area is 88.1 Å². The van der Waals surface area contributed by atoms with Crippen LogP contribution in [-0.4, -0.2) is 36.1 Å². The highest BCUT2D eigenvalue weighted by molar-refractivity contribution is 5.73. The van der Waals surface area contributed by atoms with Crippen LogP contribution in [0, 0.1) is 5.82 Å². The lowest BCUT2D eigenvalue weighted by molar-refractivity contribution is -0.142. The zero-order chi connectivity index (χ0) is 11.4. The monoisotopic (exact) mass is 211 g/mol. The zero-order valence-corrected chi connectivity index (χ0v) is 8.77. The zero-order valence-electron chi connectivity index (χ0n) is 8.77. The minimum Gasteiger partial charge on any atom is -0.480 e. The number of halogens is 1. The number of carbonyl (C=O) groups is 1. The number of carboxylic acid groups (broad SMARTS) is 1. The summed E-state index contributed by atoms with van der Waals surface area (Å²) in [4.78, 5) is 12.5. The Morgan fingerprint density at radius 3 is 2.33 bits per heavy atom. The Morgan fingerprint density at radius 1 is 1.40 bits per heavy atom. The van der Waals surface area contributed by atoms with E-state index >= 15 is 0 Å². The summed E-state index contributed by atoms with van der Waals surface area (Å²) in [6.07, 6.45) is 0.378. The molecule has 0 spiro atoms. The Hall–Kier alpha value is -1.42. The van der Waals surface area contributed by atoms with E-state index in [0.29, 0.717) is 6.42 Å². The third-order valence-corrected chi connectivity index (χ3v) is 2.25. The van der Waals surface area contributed by atoms with Crippen molar-refractivity contribution in [2.75, 3.05) is 14.1 Å². The molecule has 3 nitrogen and oxygen atoms in total. The third kappa shape index (κ3) is 3.32. The number of aliphatic carboxylic acids is 1. The first kappa shape index (κ1) is 11.7. The molecule has 0 amide bonds. The van der Waals surface area contributed by atoms with E-state index in [-0.39, 0.29) is 5.82 Å². The number of likely N-dealkylation sites (N-methyl/N-ethyl adjacent to an activating group) is 1. The molecule has 0 aromatic heterocycles. The Kier molecular flexibility index (Phi) is 3.80. The largest absolute Gasteiger partial charge is 0.480 e. The number of hydrogen-bond donors (Lipinski definition) is 1. The molecule has 1 N–H and O–H groups in total. The summed E-state index contributed by atoms with van der Waals surface area (Å²) in [5, 5.41) is 8.94. The fourth-order valence-corrected chi connectivity index (χ4v) is 1.33. The topological polar surface area (TPSA) is 40.5 Å². The minimum atomic E-state index is -0.871. The second kappa shape index (κ2) is 4.89. The maximum Gasteiger partial charge on any atom is 0.321 e. The first-order valence-electron chi connectivity index (χ1n) is 4.64. The van der Waals surface area contributed by atoms with Gasteiger partial charge in [0, 0.05) is 0 Å². The van der Waals surface area contributed by atoms with E-state index in [9.17, 15) is 9.18 Å². The lowest BCUT2D eigenvalue weighted by Gasteiger charge is -2.19. The van der Waals surface area contributed by atoms with Gasteiger partial charge in [-0.1, -0.05) is 12.1 Å². The van der Waals surface area contributed by atoms with Gasteiger partial charge >= 0.3 is 5.97 Å². The predicted molar refractivity (Wildman–Crippen MR) is 55.2 cm³/mol. The van der Waals surface area contributed by atoms with Crippen LogP contribution in [0.25, 0.3) is 0 Å². The normalized spacial score (nSPS) is 12.8. The van der Waals surface area contributed by atoms with E-state index < -0.39 is 12.0 Å². The average molecular weight is 211 g/mol. The highest BCUT2D eigenvalue weighted by Crippen LogP contribution is 2.08. The molecule has 82 valence electrons. The van der Waals surface area contributed by atoms with E-state index in [1.807, 2.05) is 0 Å². The highest BCUT2D eigenvalue weighted by atomic mass is 19.1. The molecule has 0 heterocycles. The van der Waals surface area contributed by atoms with Gasteiger partial charge in [0.25, 0.3) is 0 Å². The van der Waals surface area contributed by atoms with Crippen LogP contribution in [0.1, 0.15) is 5.56 Å². The van der Waals surface area contributed by atoms with Crippen molar-refractivity contribution >= 4 is 5.97 Å². The molecule has 15 heavy (non-hydrogen) atoms. The minimum absolute atomic E-state index is 0.310. The summed E-state index contributed by atoms with van der Waals surface area (Å²) in [7, 11) is 3.42. The molecule has 1 unspecified atom stereocenters. The van der Waals surface area contributed by atoms with Gasteiger partial charge in [-0.15, -0.1) is 0 Å². The Morgan fingerprint density at radius 2 is 1.93 bits per heavy atom. The van der Waals surface area contributed by atoms with Crippen molar-refractivity contribution in [1.82, 2.24) is 4.90 Å². The van der Waals surface area contributed by atoms with Crippen molar-refractivity contribution in [1.29, 1.82) is 0 Å².